The van der Waals surface area contributed by atoms with Crippen LogP contribution in [0.25, 0.3) is 0 Å². The normalized spacial score (nSPS) is 50.4. The van der Waals surface area contributed by atoms with Crippen molar-refractivity contribution in [2.45, 2.75) is 132 Å². The van der Waals surface area contributed by atoms with Gasteiger partial charge in [-0.3, -0.25) is 14.4 Å². The van der Waals surface area contributed by atoms with Crippen molar-refractivity contribution in [1.29, 1.82) is 0 Å². The molecular weight excluding hydrogens is 522 g/mol. The summed E-state index contributed by atoms with van der Waals surface area (Å²) in [6.45, 7) is 19.8. The second-order valence-electron chi connectivity index (χ2n) is 17.1. The SMILES string of the molecule is CC(=O)O[C@@H]1CC[C@@]2(C)[C@@H](CC[C@]3(C)[C@@H]2C(=O)C=C2[C@@H]4[C@@H](C)[C@H](C)CC[C@]4(C)CC[C@]23C)[C@@]1(C)C(=O)N1CCCCC1. The van der Waals surface area contributed by atoms with Crippen molar-refractivity contribution in [3.8, 4) is 0 Å². The van der Waals surface area contributed by atoms with E-state index in [0.717, 1.165) is 58.0 Å². The number of carbonyl (C=O) groups excluding carboxylic acids is 3. The number of ether oxygens (including phenoxy) is 1. The van der Waals surface area contributed by atoms with Crippen molar-refractivity contribution in [2.75, 3.05) is 13.1 Å². The molecule has 0 N–H and O–H groups in total. The topological polar surface area (TPSA) is 63.7 Å². The Hall–Kier alpha value is -1.65. The van der Waals surface area contributed by atoms with E-state index >= 15 is 0 Å². The summed E-state index contributed by atoms with van der Waals surface area (Å²) < 4.78 is 6.02. The number of hydrogen-bond donors (Lipinski definition) is 0. The summed E-state index contributed by atoms with van der Waals surface area (Å²) in [6, 6.07) is 0. The van der Waals surface area contributed by atoms with Crippen LogP contribution in [-0.2, 0) is 19.1 Å². The molecule has 0 aromatic rings. The Balaban J connectivity index is 1.44. The second-order valence-corrected chi connectivity index (χ2v) is 17.1. The molecule has 5 heteroatoms. The van der Waals surface area contributed by atoms with E-state index in [1.165, 1.54) is 31.8 Å². The number of ketones is 1. The van der Waals surface area contributed by atoms with Crippen LogP contribution in [0.5, 0.6) is 0 Å². The summed E-state index contributed by atoms with van der Waals surface area (Å²) in [6.07, 6.45) is 13.2. The lowest BCUT2D eigenvalue weighted by molar-refractivity contribution is -0.218. The Morgan fingerprint density at radius 2 is 1.57 bits per heavy atom. The average Bonchev–Trinajstić information content (AvgIpc) is 2.94. The standard InChI is InChI=1S/C37H57NO4/c1-23-12-15-33(4)18-19-35(6)26(30(33)24(23)2)22-27(40)31-34(5)16-14-29(42-25(3)39)37(8,28(34)13-17-36(31,35)7)32(41)38-20-10-9-11-21-38/h22-24,28-31H,9-21H2,1-8H3/t23-,24+,28-,29-,30+,31-,33-,34+,35-,36-,37-/m1/s1. The van der Waals surface area contributed by atoms with E-state index in [-0.39, 0.29) is 45.4 Å². The lowest BCUT2D eigenvalue weighted by Crippen LogP contribution is -2.69. The van der Waals surface area contributed by atoms with Crippen LogP contribution in [0.1, 0.15) is 126 Å². The number of carbonyl (C=O) groups is 3. The Kier molecular flexibility index (Phi) is 7.18. The molecule has 0 spiro atoms. The number of piperidine rings is 1. The maximum atomic E-state index is 14.7. The van der Waals surface area contributed by atoms with Gasteiger partial charge in [0.1, 0.15) is 6.10 Å². The van der Waals surface area contributed by atoms with Crippen LogP contribution in [0.4, 0.5) is 0 Å². The van der Waals surface area contributed by atoms with E-state index in [9.17, 15) is 14.4 Å². The molecule has 1 heterocycles. The van der Waals surface area contributed by atoms with Crippen LogP contribution < -0.4 is 0 Å². The Bertz CT molecular complexity index is 1190. The van der Waals surface area contributed by atoms with Gasteiger partial charge in [0.25, 0.3) is 0 Å². The molecule has 5 fully saturated rings. The number of hydrogen-bond acceptors (Lipinski definition) is 4. The average molecular weight is 580 g/mol. The van der Waals surface area contributed by atoms with Gasteiger partial charge >= 0.3 is 5.97 Å². The minimum atomic E-state index is -0.818. The third kappa shape index (κ3) is 3.95. The highest BCUT2D eigenvalue weighted by Crippen LogP contribution is 2.75. The number of amides is 1. The second kappa shape index (κ2) is 9.93. The highest BCUT2D eigenvalue weighted by molar-refractivity contribution is 5.96. The smallest absolute Gasteiger partial charge is 0.302 e. The van der Waals surface area contributed by atoms with Gasteiger partial charge in [-0.2, -0.15) is 0 Å². The fourth-order valence-corrected chi connectivity index (χ4v) is 12.5. The first-order valence-electron chi connectivity index (χ1n) is 17.4. The molecule has 1 aliphatic heterocycles. The van der Waals surface area contributed by atoms with E-state index in [1.54, 1.807) is 0 Å². The first kappa shape index (κ1) is 30.4. The molecule has 6 rings (SSSR count). The summed E-state index contributed by atoms with van der Waals surface area (Å²) >= 11 is 0. The summed E-state index contributed by atoms with van der Waals surface area (Å²) in [5, 5.41) is 0. The molecule has 42 heavy (non-hydrogen) atoms. The van der Waals surface area contributed by atoms with E-state index in [2.05, 4.69) is 59.4 Å². The van der Waals surface area contributed by atoms with Crippen LogP contribution >= 0.6 is 0 Å². The number of esters is 1. The van der Waals surface area contributed by atoms with E-state index in [1.807, 2.05) is 0 Å². The van der Waals surface area contributed by atoms with Gasteiger partial charge in [-0.05, 0) is 129 Å². The molecule has 0 radical (unpaired) electrons. The monoisotopic (exact) mass is 579 g/mol. The summed E-state index contributed by atoms with van der Waals surface area (Å²) in [5.74, 6) is 1.76. The number of likely N-dealkylation sites (tertiary alicyclic amines) is 1. The van der Waals surface area contributed by atoms with Crippen molar-refractivity contribution >= 4 is 17.7 Å². The predicted octanol–water partition coefficient (Wildman–Crippen LogP) is 7.77. The number of rotatable bonds is 2. The molecule has 0 bridgehead atoms. The summed E-state index contributed by atoms with van der Waals surface area (Å²) in [4.78, 5) is 43.7. The molecule has 0 aromatic heterocycles. The Morgan fingerprint density at radius 1 is 0.881 bits per heavy atom. The highest BCUT2D eigenvalue weighted by atomic mass is 16.5. The lowest BCUT2D eigenvalue weighted by atomic mass is 9.33. The Morgan fingerprint density at radius 3 is 2.24 bits per heavy atom. The lowest BCUT2D eigenvalue weighted by Gasteiger charge is -2.70. The van der Waals surface area contributed by atoms with Gasteiger partial charge in [0.2, 0.25) is 5.91 Å². The highest BCUT2D eigenvalue weighted by Gasteiger charge is 2.72. The molecule has 234 valence electrons. The molecular formula is C37H57NO4. The third-order valence-corrected chi connectivity index (χ3v) is 15.2. The van der Waals surface area contributed by atoms with Gasteiger partial charge in [0, 0.05) is 25.9 Å². The van der Waals surface area contributed by atoms with Crippen molar-refractivity contribution in [2.24, 2.45) is 56.7 Å². The van der Waals surface area contributed by atoms with Crippen molar-refractivity contribution in [3.63, 3.8) is 0 Å². The van der Waals surface area contributed by atoms with E-state index in [4.69, 9.17) is 4.74 Å². The number of nitrogens with zero attached hydrogens (tertiary/aromatic N) is 1. The summed E-state index contributed by atoms with van der Waals surface area (Å²) in [7, 11) is 0. The largest absolute Gasteiger partial charge is 0.461 e. The maximum Gasteiger partial charge on any atom is 0.302 e. The quantitative estimate of drug-likeness (QED) is 0.314. The predicted molar refractivity (Wildman–Crippen MR) is 165 cm³/mol. The van der Waals surface area contributed by atoms with Crippen LogP contribution in [0.15, 0.2) is 11.6 Å². The molecule has 5 nitrogen and oxygen atoms in total. The van der Waals surface area contributed by atoms with Crippen LogP contribution in [0.2, 0.25) is 0 Å². The Labute approximate surface area is 255 Å². The first-order chi connectivity index (χ1) is 19.6. The molecule has 1 amide bonds. The summed E-state index contributed by atoms with van der Waals surface area (Å²) in [5.41, 5.74) is 0.434. The van der Waals surface area contributed by atoms with Gasteiger partial charge in [0.15, 0.2) is 5.78 Å². The minimum absolute atomic E-state index is 0.000541. The molecule has 0 aromatic carbocycles. The number of fused-ring (bicyclic) bond motifs is 7. The van der Waals surface area contributed by atoms with Gasteiger partial charge < -0.3 is 9.64 Å². The van der Waals surface area contributed by atoms with Crippen molar-refractivity contribution < 1.29 is 19.1 Å². The molecule has 5 aliphatic carbocycles. The molecule has 11 atom stereocenters. The molecule has 4 saturated carbocycles. The fourth-order valence-electron chi connectivity index (χ4n) is 12.5. The molecule has 1 saturated heterocycles. The van der Waals surface area contributed by atoms with Gasteiger partial charge in [-0.15, -0.1) is 0 Å². The third-order valence-electron chi connectivity index (χ3n) is 15.2. The number of allylic oxidation sites excluding steroid dienone is 2. The van der Waals surface area contributed by atoms with Crippen LogP contribution in [0.3, 0.4) is 0 Å². The van der Waals surface area contributed by atoms with Crippen LogP contribution in [-0.4, -0.2) is 41.8 Å². The zero-order chi connectivity index (χ0) is 30.5. The van der Waals surface area contributed by atoms with Gasteiger partial charge in [-0.1, -0.05) is 47.1 Å². The molecule has 0 unspecified atom stereocenters. The van der Waals surface area contributed by atoms with Crippen LogP contribution in [0, 0.1) is 56.7 Å². The first-order valence-corrected chi connectivity index (χ1v) is 17.4. The van der Waals surface area contributed by atoms with E-state index in [0.29, 0.717) is 30.0 Å². The molecule has 6 aliphatic rings. The van der Waals surface area contributed by atoms with E-state index < -0.39 is 11.5 Å². The zero-order valence-electron chi connectivity index (χ0n) is 27.8. The van der Waals surface area contributed by atoms with Gasteiger partial charge in [-0.25, -0.2) is 0 Å². The fraction of sp³-hybridized carbons (Fsp3) is 0.865. The maximum absolute atomic E-state index is 14.7. The van der Waals surface area contributed by atoms with Crippen molar-refractivity contribution in [3.05, 3.63) is 11.6 Å². The van der Waals surface area contributed by atoms with Gasteiger partial charge in [0.05, 0.1) is 5.41 Å². The zero-order valence-corrected chi connectivity index (χ0v) is 27.8. The van der Waals surface area contributed by atoms with Crippen molar-refractivity contribution in [1.82, 2.24) is 4.90 Å². The minimum Gasteiger partial charge on any atom is -0.461 e.